The molecule has 0 atom stereocenters. The summed E-state index contributed by atoms with van der Waals surface area (Å²) in [5, 5.41) is 1.97. The van der Waals surface area contributed by atoms with Crippen molar-refractivity contribution in [1.29, 1.82) is 0 Å². The molecule has 1 aromatic rings. The van der Waals surface area contributed by atoms with Gasteiger partial charge in [-0.1, -0.05) is 74.9 Å². The first-order chi connectivity index (χ1) is 11.2. The number of hydrogen-bond donors (Lipinski definition) is 0. The summed E-state index contributed by atoms with van der Waals surface area (Å²) in [6.07, 6.45) is 21.4. The van der Waals surface area contributed by atoms with E-state index in [0.717, 1.165) is 27.5 Å². The predicted molar refractivity (Wildman–Crippen MR) is 107 cm³/mol. The molecular formula is C22H25N. The summed E-state index contributed by atoms with van der Waals surface area (Å²) in [4.78, 5) is 0. The SMILES string of the molecule is C=C/C=C\C(=C/C=C)n1c(/C=C\C)c(C=C)/c(=C/C=C\C)c1=C. The van der Waals surface area contributed by atoms with Crippen LogP contribution in [0, 0.1) is 0 Å². The van der Waals surface area contributed by atoms with Crippen LogP contribution in [0.3, 0.4) is 0 Å². The van der Waals surface area contributed by atoms with Crippen molar-refractivity contribution >= 4 is 30.5 Å². The third-order valence-electron chi connectivity index (χ3n) is 3.32. The van der Waals surface area contributed by atoms with Crippen LogP contribution in [0.5, 0.6) is 0 Å². The van der Waals surface area contributed by atoms with Gasteiger partial charge in [0.1, 0.15) is 0 Å². The average Bonchev–Trinajstić information content (AvgIpc) is 2.81. The topological polar surface area (TPSA) is 4.93 Å². The Hall–Kier alpha value is -2.80. The molecule has 1 heteroatoms. The van der Waals surface area contributed by atoms with Gasteiger partial charge in [-0.15, -0.1) is 0 Å². The second-order valence-electron chi connectivity index (χ2n) is 4.81. The first kappa shape index (κ1) is 18.2. The van der Waals surface area contributed by atoms with Crippen LogP contribution >= 0.6 is 0 Å². The highest BCUT2D eigenvalue weighted by atomic mass is 15.0. The van der Waals surface area contributed by atoms with Crippen molar-refractivity contribution in [2.24, 2.45) is 0 Å². The quantitative estimate of drug-likeness (QED) is 0.643. The summed E-state index contributed by atoms with van der Waals surface area (Å²) >= 11 is 0. The lowest BCUT2D eigenvalue weighted by molar-refractivity contribution is 1.06. The fourth-order valence-corrected chi connectivity index (χ4v) is 2.38. The fraction of sp³-hybridized carbons (Fsp3) is 0.0909. The number of rotatable bonds is 7. The van der Waals surface area contributed by atoms with Gasteiger partial charge in [0.15, 0.2) is 0 Å². The third-order valence-corrected chi connectivity index (χ3v) is 3.32. The van der Waals surface area contributed by atoms with E-state index < -0.39 is 0 Å². The highest BCUT2D eigenvalue weighted by Gasteiger charge is 2.11. The zero-order valence-corrected chi connectivity index (χ0v) is 14.1. The molecular weight excluding hydrogens is 278 g/mol. The van der Waals surface area contributed by atoms with Crippen LogP contribution in [0.4, 0.5) is 0 Å². The van der Waals surface area contributed by atoms with Crippen LogP contribution in [-0.4, -0.2) is 4.57 Å². The Labute approximate surface area is 139 Å². The molecule has 0 spiro atoms. The van der Waals surface area contributed by atoms with Crippen molar-refractivity contribution in [3.8, 4) is 0 Å². The van der Waals surface area contributed by atoms with Gasteiger partial charge in [-0.25, -0.2) is 0 Å². The number of aromatic nitrogens is 1. The molecule has 0 aliphatic rings. The molecule has 0 saturated carbocycles. The maximum atomic E-state index is 4.28. The van der Waals surface area contributed by atoms with Gasteiger partial charge in [0.2, 0.25) is 0 Å². The highest BCUT2D eigenvalue weighted by Crippen LogP contribution is 2.15. The van der Waals surface area contributed by atoms with Gasteiger partial charge in [0.05, 0.1) is 5.69 Å². The van der Waals surface area contributed by atoms with E-state index >= 15 is 0 Å². The number of hydrogen-bond acceptors (Lipinski definition) is 0. The van der Waals surface area contributed by atoms with Crippen molar-refractivity contribution < 1.29 is 0 Å². The average molecular weight is 303 g/mol. The maximum Gasteiger partial charge on any atom is 0.0537 e. The minimum absolute atomic E-state index is 0.910. The second-order valence-corrected chi connectivity index (χ2v) is 4.81. The minimum Gasteiger partial charge on any atom is -0.310 e. The van der Waals surface area contributed by atoms with E-state index in [-0.39, 0.29) is 0 Å². The summed E-state index contributed by atoms with van der Waals surface area (Å²) in [5.74, 6) is 0. The lowest BCUT2D eigenvalue weighted by Crippen LogP contribution is -2.27. The molecule has 1 nitrogen and oxygen atoms in total. The summed E-state index contributed by atoms with van der Waals surface area (Å²) in [5.41, 5.74) is 3.08. The minimum atomic E-state index is 0.910. The van der Waals surface area contributed by atoms with E-state index in [4.69, 9.17) is 0 Å². The van der Waals surface area contributed by atoms with Gasteiger partial charge in [-0.3, -0.25) is 0 Å². The second kappa shape index (κ2) is 9.26. The Morgan fingerprint density at radius 1 is 1.00 bits per heavy atom. The van der Waals surface area contributed by atoms with Crippen LogP contribution in [-0.2, 0) is 0 Å². The van der Waals surface area contributed by atoms with Crippen molar-refractivity contribution in [2.45, 2.75) is 13.8 Å². The Bertz CT molecular complexity index is 805. The third kappa shape index (κ3) is 4.10. The lowest BCUT2D eigenvalue weighted by atomic mass is 10.1. The molecule has 0 bridgehead atoms. The predicted octanol–water partition coefficient (Wildman–Crippen LogP) is 4.70. The monoisotopic (exact) mass is 303 g/mol. The van der Waals surface area contributed by atoms with Gasteiger partial charge in [0.25, 0.3) is 0 Å². The molecule has 0 aliphatic carbocycles. The summed E-state index contributed by atoms with van der Waals surface area (Å²) in [6, 6.07) is 0. The maximum absolute atomic E-state index is 4.28. The Morgan fingerprint density at radius 2 is 1.74 bits per heavy atom. The van der Waals surface area contributed by atoms with Gasteiger partial charge in [0, 0.05) is 21.8 Å². The molecule has 118 valence electrons. The van der Waals surface area contributed by atoms with E-state index in [9.17, 15) is 0 Å². The van der Waals surface area contributed by atoms with Crippen LogP contribution in [0.15, 0.2) is 68.3 Å². The van der Waals surface area contributed by atoms with Crippen molar-refractivity contribution in [3.63, 3.8) is 0 Å². The van der Waals surface area contributed by atoms with Crippen molar-refractivity contribution in [1.82, 2.24) is 4.57 Å². The van der Waals surface area contributed by atoms with E-state index in [1.54, 1.807) is 12.2 Å². The zero-order valence-electron chi connectivity index (χ0n) is 14.1. The highest BCUT2D eigenvalue weighted by molar-refractivity contribution is 5.72. The van der Waals surface area contributed by atoms with Crippen molar-refractivity contribution in [2.75, 3.05) is 0 Å². The standard InChI is InChI=1S/C22H25N/c1-7-12-16-19(14-9-3)23-18(6)21(17-13-8-2)20(11-5)22(23)15-10-4/h7-17H,1,3,5-6H2,2,4H3/b13-8-,15-10-,16-12-,19-14+,21-17+. The van der Waals surface area contributed by atoms with Crippen LogP contribution < -0.4 is 10.6 Å². The number of allylic oxidation sites excluding steroid dienone is 9. The molecule has 23 heavy (non-hydrogen) atoms. The Kier molecular flexibility index (Phi) is 7.35. The van der Waals surface area contributed by atoms with Crippen LogP contribution in [0.2, 0.25) is 0 Å². The Morgan fingerprint density at radius 3 is 2.26 bits per heavy atom. The molecule has 0 aromatic carbocycles. The molecule has 0 radical (unpaired) electrons. The molecule has 0 N–H and O–H groups in total. The summed E-state index contributed by atoms with van der Waals surface area (Å²) < 4.78 is 2.11. The van der Waals surface area contributed by atoms with E-state index in [2.05, 4.69) is 43.0 Å². The van der Waals surface area contributed by atoms with E-state index in [0.29, 0.717) is 0 Å². The largest absolute Gasteiger partial charge is 0.310 e. The fourth-order valence-electron chi connectivity index (χ4n) is 2.38. The molecule has 1 aromatic heterocycles. The first-order valence-electron chi connectivity index (χ1n) is 7.60. The van der Waals surface area contributed by atoms with E-state index in [1.165, 1.54) is 0 Å². The van der Waals surface area contributed by atoms with Gasteiger partial charge >= 0.3 is 0 Å². The summed E-state index contributed by atoms with van der Waals surface area (Å²) in [6.45, 7) is 19.8. The van der Waals surface area contributed by atoms with Crippen LogP contribution in [0.25, 0.3) is 30.5 Å². The van der Waals surface area contributed by atoms with Gasteiger partial charge in [-0.2, -0.15) is 0 Å². The van der Waals surface area contributed by atoms with Crippen molar-refractivity contribution in [3.05, 3.63) is 90.2 Å². The first-order valence-corrected chi connectivity index (χ1v) is 7.60. The van der Waals surface area contributed by atoms with Crippen LogP contribution in [0.1, 0.15) is 25.1 Å². The molecule has 0 aliphatic heterocycles. The lowest BCUT2D eigenvalue weighted by Gasteiger charge is -2.09. The van der Waals surface area contributed by atoms with Gasteiger partial charge < -0.3 is 4.57 Å². The molecule has 1 heterocycles. The molecule has 0 unspecified atom stereocenters. The normalized spacial score (nSPS) is 13.5. The molecule has 0 fully saturated rings. The summed E-state index contributed by atoms with van der Waals surface area (Å²) in [7, 11) is 0. The Balaban J connectivity index is 3.94. The molecule has 1 rings (SSSR count). The zero-order chi connectivity index (χ0) is 17.2. The smallest absolute Gasteiger partial charge is 0.0537 e. The number of nitrogens with zero attached hydrogens (tertiary/aromatic N) is 1. The molecule has 0 saturated heterocycles. The van der Waals surface area contributed by atoms with Gasteiger partial charge in [-0.05, 0) is 32.1 Å². The molecule has 0 amide bonds. The van der Waals surface area contributed by atoms with E-state index in [1.807, 2.05) is 56.4 Å².